The second-order valence-electron chi connectivity index (χ2n) is 6.08. The minimum absolute atomic E-state index is 0.108. The summed E-state index contributed by atoms with van der Waals surface area (Å²) in [5, 5.41) is 10.5. The summed E-state index contributed by atoms with van der Waals surface area (Å²) in [4.78, 5) is 24.6. The predicted molar refractivity (Wildman–Crippen MR) is 98.0 cm³/mol. The van der Waals surface area contributed by atoms with Gasteiger partial charge in [-0.3, -0.25) is 0 Å². The average Bonchev–Trinajstić information content (AvgIpc) is 2.89. The third kappa shape index (κ3) is 4.44. The van der Waals surface area contributed by atoms with Crippen LogP contribution in [0.3, 0.4) is 0 Å². The normalized spacial score (nSPS) is 24.0. The Bertz CT molecular complexity index is 888. The number of esters is 2. The van der Waals surface area contributed by atoms with Crippen molar-refractivity contribution in [3.8, 4) is 0 Å². The molecule has 9 heteroatoms. The molecule has 4 atom stereocenters. The molecule has 0 saturated carbocycles. The van der Waals surface area contributed by atoms with Gasteiger partial charge in [0.1, 0.15) is 0 Å². The van der Waals surface area contributed by atoms with Crippen molar-refractivity contribution < 1.29 is 33.3 Å². The van der Waals surface area contributed by atoms with Crippen LogP contribution >= 0.6 is 23.2 Å². The number of rotatable bonds is 4. The quantitative estimate of drug-likeness (QED) is 0.747. The number of carbonyl (C=O) groups excluding carboxylic acids is 2. The predicted octanol–water partition coefficient (Wildman–Crippen LogP) is 3.70. The summed E-state index contributed by atoms with van der Waals surface area (Å²) in [6.45, 7) is 1.64. The van der Waals surface area contributed by atoms with E-state index in [-0.39, 0.29) is 11.1 Å². The Morgan fingerprint density at radius 3 is 2.32 bits per heavy atom. The fourth-order valence-corrected chi connectivity index (χ4v) is 2.97. The van der Waals surface area contributed by atoms with Crippen LogP contribution in [0.1, 0.15) is 26.3 Å². The number of hydrogen-bond donors (Lipinski definition) is 1. The number of alkyl halides is 1. The van der Waals surface area contributed by atoms with Gasteiger partial charge in [0.2, 0.25) is 12.4 Å². The van der Waals surface area contributed by atoms with Crippen LogP contribution < -0.4 is 0 Å². The second-order valence-corrected chi connectivity index (χ2v) is 6.95. The lowest BCUT2D eigenvalue weighted by Crippen LogP contribution is -2.37. The lowest BCUT2D eigenvalue weighted by Gasteiger charge is -2.20. The molecule has 1 saturated heterocycles. The van der Waals surface area contributed by atoms with E-state index in [1.807, 2.05) is 0 Å². The van der Waals surface area contributed by atoms with E-state index in [9.17, 15) is 19.1 Å². The lowest BCUT2D eigenvalue weighted by atomic mass is 10.1. The molecule has 0 amide bonds. The smallest absolute Gasteiger partial charge is 0.340 e. The van der Waals surface area contributed by atoms with E-state index in [1.165, 1.54) is 36.4 Å². The van der Waals surface area contributed by atoms with Gasteiger partial charge in [0.05, 0.1) is 11.1 Å². The number of benzene rings is 2. The van der Waals surface area contributed by atoms with Crippen molar-refractivity contribution in [3.05, 3.63) is 69.2 Å². The zero-order valence-corrected chi connectivity index (χ0v) is 16.0. The van der Waals surface area contributed by atoms with E-state index < -0.39 is 36.8 Å². The maximum atomic E-state index is 14.3. The Labute approximate surface area is 169 Å². The molecular formula is C19H15Cl2FO6. The van der Waals surface area contributed by atoms with Crippen molar-refractivity contribution in [2.45, 2.75) is 31.8 Å². The first-order valence-corrected chi connectivity index (χ1v) is 8.93. The molecule has 0 aliphatic carbocycles. The molecule has 1 aliphatic heterocycles. The molecule has 0 spiro atoms. The molecule has 1 fully saturated rings. The van der Waals surface area contributed by atoms with Gasteiger partial charge in [-0.1, -0.05) is 23.2 Å². The highest BCUT2D eigenvalue weighted by Crippen LogP contribution is 2.28. The minimum atomic E-state index is -2.10. The summed E-state index contributed by atoms with van der Waals surface area (Å²) in [7, 11) is 0. The molecule has 6 nitrogen and oxygen atoms in total. The molecule has 1 aliphatic rings. The van der Waals surface area contributed by atoms with Gasteiger partial charge < -0.3 is 19.3 Å². The van der Waals surface area contributed by atoms with Gasteiger partial charge in [-0.2, -0.15) is 0 Å². The average molecular weight is 429 g/mol. The molecule has 0 bridgehead atoms. The van der Waals surface area contributed by atoms with Gasteiger partial charge in [-0.25, -0.2) is 14.0 Å². The summed E-state index contributed by atoms with van der Waals surface area (Å²) in [6, 6.07) is 10.2. The monoisotopic (exact) mass is 428 g/mol. The molecule has 1 N–H and O–H groups in total. The first kappa shape index (κ1) is 20.5. The number of hydrogen-bond acceptors (Lipinski definition) is 6. The van der Waals surface area contributed by atoms with E-state index in [4.69, 9.17) is 37.4 Å². The maximum absolute atomic E-state index is 14.3. The van der Waals surface area contributed by atoms with Crippen LogP contribution in [0.4, 0.5) is 4.39 Å². The topological polar surface area (TPSA) is 82.1 Å². The van der Waals surface area contributed by atoms with Crippen LogP contribution in [0, 0.1) is 6.92 Å². The number of halogens is 3. The number of carbonyl (C=O) groups is 2. The second kappa shape index (κ2) is 8.45. The SMILES string of the molecule is Cc1cc(Cl)ccc1C(=O)O[C@H]1OC(O)[C@@H](F)[C@@H]1OC(=O)c1ccc(Cl)cc1. The van der Waals surface area contributed by atoms with Gasteiger partial charge in [-0.05, 0) is 55.0 Å². The molecule has 0 aromatic heterocycles. The highest BCUT2D eigenvalue weighted by Gasteiger charge is 2.49. The van der Waals surface area contributed by atoms with Crippen molar-refractivity contribution in [2.24, 2.45) is 0 Å². The molecule has 148 valence electrons. The standard InChI is InChI=1S/C19H15Cl2FO6/c1-9-8-12(21)6-7-13(9)17(24)27-19-15(14(22)18(25)28-19)26-16(23)10-2-4-11(20)5-3-10/h2-8,14-15,18-19,25H,1H3/t14-,15-,18?,19-/m0/s1. The van der Waals surface area contributed by atoms with E-state index in [0.29, 0.717) is 15.6 Å². The Kier molecular flexibility index (Phi) is 6.20. The first-order valence-electron chi connectivity index (χ1n) is 8.17. The summed E-state index contributed by atoms with van der Waals surface area (Å²) >= 11 is 11.6. The largest absolute Gasteiger partial charge is 0.449 e. The van der Waals surface area contributed by atoms with Gasteiger partial charge >= 0.3 is 11.9 Å². The molecule has 1 unspecified atom stereocenters. The zero-order chi connectivity index (χ0) is 20.4. The van der Waals surface area contributed by atoms with Crippen LogP contribution in [0.15, 0.2) is 42.5 Å². The van der Waals surface area contributed by atoms with E-state index in [1.54, 1.807) is 13.0 Å². The fraction of sp³-hybridized carbons (Fsp3) is 0.263. The molecular weight excluding hydrogens is 414 g/mol. The lowest BCUT2D eigenvalue weighted by molar-refractivity contribution is -0.181. The van der Waals surface area contributed by atoms with E-state index >= 15 is 0 Å². The van der Waals surface area contributed by atoms with Crippen molar-refractivity contribution in [3.63, 3.8) is 0 Å². The van der Waals surface area contributed by atoms with Crippen LogP contribution in [0.5, 0.6) is 0 Å². The van der Waals surface area contributed by atoms with Gasteiger partial charge in [-0.15, -0.1) is 0 Å². The minimum Gasteiger partial charge on any atom is -0.449 e. The van der Waals surface area contributed by atoms with Gasteiger partial charge in [0, 0.05) is 10.0 Å². The molecule has 0 radical (unpaired) electrons. The molecule has 1 heterocycles. The number of ether oxygens (including phenoxy) is 3. The van der Waals surface area contributed by atoms with Crippen LogP contribution in [-0.4, -0.2) is 41.9 Å². The Balaban J connectivity index is 1.74. The number of aliphatic hydroxyl groups excluding tert-OH is 1. The highest BCUT2D eigenvalue weighted by atomic mass is 35.5. The maximum Gasteiger partial charge on any atom is 0.340 e. The number of aliphatic hydroxyl groups is 1. The summed E-state index contributed by atoms with van der Waals surface area (Å²) in [6.07, 6.45) is -7.27. The van der Waals surface area contributed by atoms with Crippen LogP contribution in [0.2, 0.25) is 10.0 Å². The zero-order valence-electron chi connectivity index (χ0n) is 14.5. The van der Waals surface area contributed by atoms with Crippen LogP contribution in [-0.2, 0) is 14.2 Å². The van der Waals surface area contributed by atoms with Crippen molar-refractivity contribution in [1.82, 2.24) is 0 Å². The first-order chi connectivity index (χ1) is 13.3. The number of aryl methyl sites for hydroxylation is 1. The van der Waals surface area contributed by atoms with E-state index in [0.717, 1.165) is 0 Å². The Hall–Kier alpha value is -2.19. The van der Waals surface area contributed by atoms with Crippen LogP contribution in [0.25, 0.3) is 0 Å². The fourth-order valence-electron chi connectivity index (χ4n) is 2.62. The molecule has 2 aromatic rings. The van der Waals surface area contributed by atoms with Gasteiger partial charge in [0.25, 0.3) is 0 Å². The molecule has 2 aromatic carbocycles. The molecule has 3 rings (SSSR count). The summed E-state index contributed by atoms with van der Waals surface area (Å²) < 4.78 is 29.4. The third-order valence-electron chi connectivity index (χ3n) is 4.08. The third-order valence-corrected chi connectivity index (χ3v) is 4.57. The highest BCUT2D eigenvalue weighted by molar-refractivity contribution is 6.31. The summed E-state index contributed by atoms with van der Waals surface area (Å²) in [5.74, 6) is -1.72. The van der Waals surface area contributed by atoms with Gasteiger partial charge in [0.15, 0.2) is 12.5 Å². The van der Waals surface area contributed by atoms with Crippen molar-refractivity contribution in [2.75, 3.05) is 0 Å². The Morgan fingerprint density at radius 2 is 1.68 bits per heavy atom. The Morgan fingerprint density at radius 1 is 1.04 bits per heavy atom. The molecule has 28 heavy (non-hydrogen) atoms. The summed E-state index contributed by atoms with van der Waals surface area (Å²) in [5.41, 5.74) is 0.812. The van der Waals surface area contributed by atoms with Crippen molar-refractivity contribution >= 4 is 35.1 Å². The van der Waals surface area contributed by atoms with E-state index in [2.05, 4.69) is 0 Å². The van der Waals surface area contributed by atoms with Crippen molar-refractivity contribution in [1.29, 1.82) is 0 Å².